The molecule has 1 aliphatic rings. The van der Waals surface area contributed by atoms with E-state index in [0.717, 1.165) is 12.1 Å². The van der Waals surface area contributed by atoms with E-state index in [-0.39, 0.29) is 30.0 Å². The van der Waals surface area contributed by atoms with E-state index in [2.05, 4.69) is 0 Å². The lowest BCUT2D eigenvalue weighted by Crippen LogP contribution is -2.38. The molecule has 19 heavy (non-hydrogen) atoms. The molecule has 1 fully saturated rings. The third-order valence-corrected chi connectivity index (χ3v) is 5.45. The number of rotatable bonds is 3. The van der Waals surface area contributed by atoms with Gasteiger partial charge in [-0.15, -0.1) is 0 Å². The van der Waals surface area contributed by atoms with Crippen LogP contribution >= 0.6 is 0 Å². The lowest BCUT2D eigenvalue weighted by atomic mass is 9.78. The van der Waals surface area contributed by atoms with Crippen molar-refractivity contribution in [1.82, 2.24) is 0 Å². The predicted octanol–water partition coefficient (Wildman–Crippen LogP) is 0.762. The third kappa shape index (κ3) is 2.77. The minimum Gasteiger partial charge on any atom is -0.388 e. The molecule has 2 unspecified atom stereocenters. The molecule has 0 spiro atoms. The molecule has 0 bridgehead atoms. The van der Waals surface area contributed by atoms with E-state index in [4.69, 9.17) is 5.73 Å². The second-order valence-corrected chi connectivity index (χ2v) is 7.20. The summed E-state index contributed by atoms with van der Waals surface area (Å²) in [4.78, 5) is 0. The molecule has 1 heterocycles. The van der Waals surface area contributed by atoms with Crippen LogP contribution in [-0.4, -0.2) is 31.6 Å². The predicted molar refractivity (Wildman–Crippen MR) is 66.1 cm³/mol. The van der Waals surface area contributed by atoms with Gasteiger partial charge >= 0.3 is 0 Å². The quantitative estimate of drug-likeness (QED) is 0.861. The van der Waals surface area contributed by atoms with Crippen LogP contribution in [0.1, 0.15) is 18.1 Å². The molecule has 0 amide bonds. The molecular weight excluding hydrogens is 276 g/mol. The van der Waals surface area contributed by atoms with Crippen molar-refractivity contribution in [1.29, 1.82) is 0 Å². The maximum Gasteiger partial charge on any atom is 0.151 e. The molecule has 0 aliphatic carbocycles. The van der Waals surface area contributed by atoms with Gasteiger partial charge in [-0.3, -0.25) is 0 Å². The Kier molecular flexibility index (Phi) is 3.63. The number of sulfone groups is 1. The second-order valence-electron chi connectivity index (χ2n) is 5.01. The first-order valence-electron chi connectivity index (χ1n) is 5.83. The normalized spacial score (nSPS) is 27.4. The Morgan fingerprint density at radius 1 is 1.32 bits per heavy atom. The smallest absolute Gasteiger partial charge is 0.151 e. The molecule has 1 aromatic rings. The summed E-state index contributed by atoms with van der Waals surface area (Å²) in [5.74, 6) is -1.97. The van der Waals surface area contributed by atoms with Crippen molar-refractivity contribution in [2.24, 2.45) is 11.1 Å². The minimum absolute atomic E-state index is 0.0139. The van der Waals surface area contributed by atoms with Gasteiger partial charge in [0, 0.05) is 18.0 Å². The minimum atomic E-state index is -3.27. The zero-order valence-corrected chi connectivity index (χ0v) is 11.0. The highest BCUT2D eigenvalue weighted by Crippen LogP contribution is 2.42. The molecule has 7 heteroatoms. The maximum absolute atomic E-state index is 13.2. The van der Waals surface area contributed by atoms with Crippen molar-refractivity contribution in [2.75, 3.05) is 18.1 Å². The Bertz CT molecular complexity index is 570. The van der Waals surface area contributed by atoms with E-state index >= 15 is 0 Å². The van der Waals surface area contributed by atoms with Gasteiger partial charge in [-0.1, -0.05) is 0 Å². The molecule has 2 atom stereocenters. The fourth-order valence-electron chi connectivity index (χ4n) is 2.52. The molecule has 1 aliphatic heterocycles. The van der Waals surface area contributed by atoms with Gasteiger partial charge < -0.3 is 10.8 Å². The summed E-state index contributed by atoms with van der Waals surface area (Å²) in [6, 6.07) is 2.68. The lowest BCUT2D eigenvalue weighted by Gasteiger charge is -2.32. The van der Waals surface area contributed by atoms with Gasteiger partial charge in [0.25, 0.3) is 0 Å². The van der Waals surface area contributed by atoms with Crippen LogP contribution in [0.2, 0.25) is 0 Å². The first-order valence-corrected chi connectivity index (χ1v) is 7.65. The van der Waals surface area contributed by atoms with Gasteiger partial charge in [-0.05, 0) is 24.1 Å². The summed E-state index contributed by atoms with van der Waals surface area (Å²) in [6.45, 7) is -0.0640. The van der Waals surface area contributed by atoms with Gasteiger partial charge in [0.1, 0.15) is 11.6 Å². The summed E-state index contributed by atoms with van der Waals surface area (Å²) in [7, 11) is -3.27. The van der Waals surface area contributed by atoms with E-state index < -0.39 is 33.0 Å². The van der Waals surface area contributed by atoms with Crippen LogP contribution in [-0.2, 0) is 9.84 Å². The van der Waals surface area contributed by atoms with Gasteiger partial charge in [0.2, 0.25) is 0 Å². The van der Waals surface area contributed by atoms with Crippen molar-refractivity contribution < 1.29 is 22.3 Å². The Morgan fingerprint density at radius 3 is 2.32 bits per heavy atom. The standard InChI is InChI=1S/C12H15F2NO3S/c13-9-3-8(4-10(14)5-9)11(16)12(6-15)1-2-19(17,18)7-12/h3-5,11,16H,1-2,6-7,15H2. The van der Waals surface area contributed by atoms with Crippen molar-refractivity contribution in [3.05, 3.63) is 35.4 Å². The number of hydrogen-bond acceptors (Lipinski definition) is 4. The van der Waals surface area contributed by atoms with Gasteiger partial charge in [0.05, 0.1) is 17.6 Å². The molecule has 3 N–H and O–H groups in total. The van der Waals surface area contributed by atoms with Crippen molar-refractivity contribution in [2.45, 2.75) is 12.5 Å². The largest absolute Gasteiger partial charge is 0.388 e. The Balaban J connectivity index is 2.39. The van der Waals surface area contributed by atoms with Crippen LogP contribution in [0.15, 0.2) is 18.2 Å². The topological polar surface area (TPSA) is 80.4 Å². The second kappa shape index (κ2) is 4.81. The van der Waals surface area contributed by atoms with Crippen LogP contribution in [0.5, 0.6) is 0 Å². The van der Waals surface area contributed by atoms with Crippen LogP contribution in [0, 0.1) is 17.0 Å². The van der Waals surface area contributed by atoms with Gasteiger partial charge in [-0.25, -0.2) is 17.2 Å². The summed E-state index contributed by atoms with van der Waals surface area (Å²) >= 11 is 0. The number of halogens is 2. The fourth-order valence-corrected chi connectivity index (χ4v) is 4.67. The van der Waals surface area contributed by atoms with Crippen molar-refractivity contribution in [3.8, 4) is 0 Å². The summed E-state index contributed by atoms with van der Waals surface area (Å²) in [5, 5.41) is 10.3. The lowest BCUT2D eigenvalue weighted by molar-refractivity contribution is 0.0467. The molecule has 2 rings (SSSR count). The Morgan fingerprint density at radius 2 is 1.89 bits per heavy atom. The van der Waals surface area contributed by atoms with Crippen molar-refractivity contribution >= 4 is 9.84 Å². The molecule has 106 valence electrons. The molecule has 0 saturated carbocycles. The van der Waals surface area contributed by atoms with Crippen LogP contribution in [0.4, 0.5) is 8.78 Å². The number of benzene rings is 1. The van der Waals surface area contributed by atoms with E-state index in [0.29, 0.717) is 6.07 Å². The SMILES string of the molecule is NCC1(C(O)c2cc(F)cc(F)c2)CCS(=O)(=O)C1. The third-order valence-electron chi connectivity index (χ3n) is 3.61. The molecule has 4 nitrogen and oxygen atoms in total. The van der Waals surface area contributed by atoms with E-state index in [1.54, 1.807) is 0 Å². The zero-order valence-electron chi connectivity index (χ0n) is 10.1. The molecule has 0 radical (unpaired) electrons. The van der Waals surface area contributed by atoms with Crippen LogP contribution in [0.3, 0.4) is 0 Å². The molecule has 1 aromatic carbocycles. The number of nitrogens with two attached hydrogens (primary N) is 1. The highest BCUT2D eigenvalue weighted by atomic mass is 32.2. The molecule has 0 aromatic heterocycles. The first kappa shape index (κ1) is 14.4. The van der Waals surface area contributed by atoms with E-state index in [9.17, 15) is 22.3 Å². The fraction of sp³-hybridized carbons (Fsp3) is 0.500. The highest BCUT2D eigenvalue weighted by Gasteiger charge is 2.47. The van der Waals surface area contributed by atoms with Crippen molar-refractivity contribution in [3.63, 3.8) is 0 Å². The van der Waals surface area contributed by atoms with Gasteiger partial charge in [0.15, 0.2) is 9.84 Å². The monoisotopic (exact) mass is 291 g/mol. The summed E-state index contributed by atoms with van der Waals surface area (Å²) in [6.07, 6.45) is -1.12. The number of aliphatic hydroxyl groups excluding tert-OH is 1. The average Bonchev–Trinajstić information content (AvgIpc) is 2.64. The Labute approximate surface area is 110 Å². The van der Waals surface area contributed by atoms with E-state index in [1.165, 1.54) is 0 Å². The zero-order chi connectivity index (χ0) is 14.3. The summed E-state index contributed by atoms with van der Waals surface area (Å²) in [5.41, 5.74) is 4.54. The summed E-state index contributed by atoms with van der Waals surface area (Å²) < 4.78 is 49.4. The molecular formula is C12H15F2NO3S. The van der Waals surface area contributed by atoms with Crippen LogP contribution < -0.4 is 5.73 Å². The number of aliphatic hydroxyl groups is 1. The highest BCUT2D eigenvalue weighted by molar-refractivity contribution is 7.91. The van der Waals surface area contributed by atoms with Gasteiger partial charge in [-0.2, -0.15) is 0 Å². The Hall–Kier alpha value is -1.05. The maximum atomic E-state index is 13.2. The van der Waals surface area contributed by atoms with E-state index in [1.807, 2.05) is 0 Å². The first-order chi connectivity index (χ1) is 8.78. The number of hydrogen-bond donors (Lipinski definition) is 2. The average molecular weight is 291 g/mol. The van der Waals surface area contributed by atoms with Crippen LogP contribution in [0.25, 0.3) is 0 Å². The molecule has 1 saturated heterocycles.